The summed E-state index contributed by atoms with van der Waals surface area (Å²) in [7, 11) is 0. The molecule has 2 aromatic rings. The number of carbonyl (C=O) groups is 1. The average Bonchev–Trinajstić information content (AvgIpc) is 2.81. The van der Waals surface area contributed by atoms with Crippen LogP contribution in [0, 0.1) is 17.2 Å². The third-order valence-corrected chi connectivity index (χ3v) is 3.34. The first-order valence-corrected chi connectivity index (χ1v) is 6.20. The van der Waals surface area contributed by atoms with E-state index in [0.29, 0.717) is 23.5 Å². The molecule has 0 fully saturated rings. The van der Waals surface area contributed by atoms with E-state index in [1.807, 2.05) is 6.07 Å². The van der Waals surface area contributed by atoms with E-state index < -0.39 is 0 Å². The molecular weight excluding hydrogens is 224 g/mol. The lowest BCUT2D eigenvalue weighted by molar-refractivity contribution is 0.0965. The number of aromatic amines is 1. The van der Waals surface area contributed by atoms with Gasteiger partial charge in [-0.15, -0.1) is 0 Å². The van der Waals surface area contributed by atoms with Gasteiger partial charge in [0.25, 0.3) is 0 Å². The SMILES string of the molecule is CCC(C)CC(=O)c1c[nH]c2ccc(C#N)cc12. The maximum atomic E-state index is 12.2. The minimum Gasteiger partial charge on any atom is -0.360 e. The molecule has 0 aliphatic carbocycles. The van der Waals surface area contributed by atoms with Crippen molar-refractivity contribution in [2.24, 2.45) is 5.92 Å². The minimum atomic E-state index is 0.144. The van der Waals surface area contributed by atoms with Crippen LogP contribution in [0.5, 0.6) is 0 Å². The minimum absolute atomic E-state index is 0.144. The van der Waals surface area contributed by atoms with Gasteiger partial charge in [0, 0.05) is 29.1 Å². The first kappa shape index (κ1) is 12.4. The third kappa shape index (κ3) is 2.28. The molecule has 3 heteroatoms. The Hall–Kier alpha value is -2.08. The Balaban J connectivity index is 2.39. The molecule has 0 radical (unpaired) electrons. The van der Waals surface area contributed by atoms with Gasteiger partial charge in [-0.3, -0.25) is 4.79 Å². The Labute approximate surface area is 106 Å². The smallest absolute Gasteiger partial charge is 0.165 e. The van der Waals surface area contributed by atoms with Crippen molar-refractivity contribution in [2.75, 3.05) is 0 Å². The second-order valence-corrected chi connectivity index (χ2v) is 4.72. The van der Waals surface area contributed by atoms with E-state index in [-0.39, 0.29) is 5.78 Å². The molecule has 0 bridgehead atoms. The molecule has 1 unspecified atom stereocenters. The standard InChI is InChI=1S/C15H16N2O/c1-3-10(2)6-15(18)13-9-17-14-5-4-11(8-16)7-12(13)14/h4-5,7,9-10,17H,3,6H2,1-2H3. The summed E-state index contributed by atoms with van der Waals surface area (Å²) in [6.45, 7) is 4.16. The summed E-state index contributed by atoms with van der Waals surface area (Å²) in [6.07, 6.45) is 3.30. The van der Waals surface area contributed by atoms with Crippen LogP contribution in [0.2, 0.25) is 0 Å². The Bertz CT molecular complexity index is 619. The first-order chi connectivity index (χ1) is 8.65. The highest BCUT2D eigenvalue weighted by atomic mass is 16.1. The fraction of sp³-hybridized carbons (Fsp3) is 0.333. The van der Waals surface area contributed by atoms with Crippen LogP contribution in [0.15, 0.2) is 24.4 Å². The number of hydrogen-bond donors (Lipinski definition) is 1. The number of aromatic nitrogens is 1. The molecule has 1 aromatic heterocycles. The van der Waals surface area contributed by atoms with Crippen molar-refractivity contribution >= 4 is 16.7 Å². The molecule has 1 heterocycles. The van der Waals surface area contributed by atoms with Gasteiger partial charge in [-0.25, -0.2) is 0 Å². The predicted molar refractivity (Wildman–Crippen MR) is 71.4 cm³/mol. The number of nitriles is 1. The summed E-state index contributed by atoms with van der Waals surface area (Å²) in [5.74, 6) is 0.535. The molecule has 0 aliphatic rings. The quantitative estimate of drug-likeness (QED) is 0.829. The van der Waals surface area contributed by atoms with Crippen molar-refractivity contribution in [3.8, 4) is 6.07 Å². The van der Waals surface area contributed by atoms with Crippen LogP contribution < -0.4 is 0 Å². The Morgan fingerprint density at radius 2 is 2.28 bits per heavy atom. The van der Waals surface area contributed by atoms with Crippen LogP contribution in [0.1, 0.15) is 42.6 Å². The molecule has 0 saturated carbocycles. The summed E-state index contributed by atoms with van der Waals surface area (Å²) in [5, 5.41) is 9.75. The molecule has 0 aliphatic heterocycles. The lowest BCUT2D eigenvalue weighted by Crippen LogP contribution is -2.04. The zero-order valence-electron chi connectivity index (χ0n) is 10.7. The first-order valence-electron chi connectivity index (χ1n) is 6.20. The van der Waals surface area contributed by atoms with E-state index in [4.69, 9.17) is 5.26 Å². The van der Waals surface area contributed by atoms with Crippen LogP contribution in [-0.4, -0.2) is 10.8 Å². The van der Waals surface area contributed by atoms with Gasteiger partial charge in [0.15, 0.2) is 5.78 Å². The van der Waals surface area contributed by atoms with Crippen LogP contribution in [-0.2, 0) is 0 Å². The molecular formula is C15H16N2O. The van der Waals surface area contributed by atoms with E-state index in [2.05, 4.69) is 24.9 Å². The fourth-order valence-electron chi connectivity index (χ4n) is 1.99. The summed E-state index contributed by atoms with van der Waals surface area (Å²) >= 11 is 0. The van der Waals surface area contributed by atoms with Crippen LogP contribution in [0.4, 0.5) is 0 Å². The van der Waals surface area contributed by atoms with Crippen LogP contribution >= 0.6 is 0 Å². The van der Waals surface area contributed by atoms with Gasteiger partial charge < -0.3 is 4.98 Å². The van der Waals surface area contributed by atoms with E-state index in [1.54, 1.807) is 18.3 Å². The molecule has 18 heavy (non-hydrogen) atoms. The van der Waals surface area contributed by atoms with Crippen molar-refractivity contribution in [1.29, 1.82) is 5.26 Å². The highest BCUT2D eigenvalue weighted by Gasteiger charge is 2.14. The molecule has 0 spiro atoms. The number of rotatable bonds is 4. The second-order valence-electron chi connectivity index (χ2n) is 4.72. The summed E-state index contributed by atoms with van der Waals surface area (Å²) < 4.78 is 0. The third-order valence-electron chi connectivity index (χ3n) is 3.34. The lowest BCUT2D eigenvalue weighted by atomic mass is 9.97. The Morgan fingerprint density at radius 3 is 2.94 bits per heavy atom. The molecule has 0 amide bonds. The molecule has 2 rings (SSSR count). The number of fused-ring (bicyclic) bond motifs is 1. The predicted octanol–water partition coefficient (Wildman–Crippen LogP) is 3.66. The van der Waals surface area contributed by atoms with Crippen molar-refractivity contribution < 1.29 is 4.79 Å². The average molecular weight is 240 g/mol. The van der Waals surface area contributed by atoms with Gasteiger partial charge >= 0.3 is 0 Å². The Morgan fingerprint density at radius 1 is 1.50 bits per heavy atom. The molecule has 3 nitrogen and oxygen atoms in total. The number of hydrogen-bond acceptors (Lipinski definition) is 2. The highest BCUT2D eigenvalue weighted by molar-refractivity contribution is 6.08. The van der Waals surface area contributed by atoms with E-state index in [0.717, 1.165) is 17.3 Å². The number of carbonyl (C=O) groups excluding carboxylic acids is 1. The monoisotopic (exact) mass is 240 g/mol. The molecule has 1 aromatic carbocycles. The van der Waals surface area contributed by atoms with Gasteiger partial charge in [0.05, 0.1) is 11.6 Å². The Kier molecular flexibility index (Phi) is 3.47. The van der Waals surface area contributed by atoms with Gasteiger partial charge in [-0.05, 0) is 24.1 Å². The zero-order chi connectivity index (χ0) is 13.1. The number of ketones is 1. The van der Waals surface area contributed by atoms with Gasteiger partial charge in [-0.1, -0.05) is 20.3 Å². The summed E-state index contributed by atoms with van der Waals surface area (Å²) in [4.78, 5) is 15.3. The van der Waals surface area contributed by atoms with Crippen molar-refractivity contribution in [1.82, 2.24) is 4.98 Å². The number of nitrogens with zero attached hydrogens (tertiary/aromatic N) is 1. The highest BCUT2D eigenvalue weighted by Crippen LogP contribution is 2.22. The maximum absolute atomic E-state index is 12.2. The number of benzene rings is 1. The number of Topliss-reactive ketones (excluding diaryl/α,β-unsaturated/α-hetero) is 1. The summed E-state index contributed by atoms with van der Waals surface area (Å²) in [6, 6.07) is 7.47. The van der Waals surface area contributed by atoms with E-state index in [1.165, 1.54) is 0 Å². The summed E-state index contributed by atoms with van der Waals surface area (Å²) in [5.41, 5.74) is 2.18. The molecule has 1 atom stereocenters. The molecule has 0 saturated heterocycles. The van der Waals surface area contributed by atoms with Crippen LogP contribution in [0.3, 0.4) is 0 Å². The maximum Gasteiger partial charge on any atom is 0.165 e. The van der Waals surface area contributed by atoms with Crippen molar-refractivity contribution in [3.05, 3.63) is 35.5 Å². The normalized spacial score (nSPS) is 12.3. The fourth-order valence-corrected chi connectivity index (χ4v) is 1.99. The topological polar surface area (TPSA) is 56.6 Å². The lowest BCUT2D eigenvalue weighted by Gasteiger charge is -2.06. The van der Waals surface area contributed by atoms with Gasteiger partial charge in [0.2, 0.25) is 0 Å². The van der Waals surface area contributed by atoms with E-state index in [9.17, 15) is 4.79 Å². The van der Waals surface area contributed by atoms with Gasteiger partial charge in [-0.2, -0.15) is 5.26 Å². The van der Waals surface area contributed by atoms with E-state index >= 15 is 0 Å². The van der Waals surface area contributed by atoms with Crippen molar-refractivity contribution in [3.63, 3.8) is 0 Å². The van der Waals surface area contributed by atoms with Crippen molar-refractivity contribution in [2.45, 2.75) is 26.7 Å². The second kappa shape index (κ2) is 5.05. The molecule has 1 N–H and O–H groups in total. The largest absolute Gasteiger partial charge is 0.360 e. The van der Waals surface area contributed by atoms with Crippen LogP contribution in [0.25, 0.3) is 10.9 Å². The van der Waals surface area contributed by atoms with Gasteiger partial charge in [0.1, 0.15) is 0 Å². The zero-order valence-corrected chi connectivity index (χ0v) is 10.7. The number of nitrogens with one attached hydrogen (secondary N) is 1. The molecule has 92 valence electrons. The number of H-pyrrole nitrogens is 1.